The molecule has 0 amide bonds. The second-order valence-electron chi connectivity index (χ2n) is 9.22. The topological polar surface area (TPSA) is 52.9 Å². The van der Waals surface area contributed by atoms with Crippen LogP contribution in [0.5, 0.6) is 0 Å². The van der Waals surface area contributed by atoms with Gasteiger partial charge in [-0.2, -0.15) is 0 Å². The first-order chi connectivity index (χ1) is 19.2. The summed E-state index contributed by atoms with van der Waals surface area (Å²) in [4.78, 5) is 19.6. The highest BCUT2D eigenvalue weighted by molar-refractivity contribution is 7.10. The number of carboxylic acid groups (broad SMARTS) is 1. The van der Waals surface area contributed by atoms with Gasteiger partial charge in [0, 0.05) is 29.6 Å². The van der Waals surface area contributed by atoms with Gasteiger partial charge in [-0.05, 0) is 36.3 Å². The largest absolute Gasteiger partial charge is 0.477 e. The number of hydrogen-bond acceptors (Lipinski definition) is 3. The van der Waals surface area contributed by atoms with Crippen molar-refractivity contribution in [2.45, 2.75) is 6.92 Å². The molecule has 4 nitrogen and oxygen atoms in total. The van der Waals surface area contributed by atoms with Gasteiger partial charge in [-0.1, -0.05) is 126 Å². The fourth-order valence-corrected chi connectivity index (χ4v) is 4.89. The van der Waals surface area contributed by atoms with E-state index in [0.717, 1.165) is 39.9 Å². The van der Waals surface area contributed by atoms with Gasteiger partial charge in [0.15, 0.2) is 0 Å². The summed E-state index contributed by atoms with van der Waals surface area (Å²) in [5, 5.41) is 10.3. The van der Waals surface area contributed by atoms with Gasteiger partial charge in [0.2, 0.25) is 0 Å². The molecule has 5 heteroatoms. The molecule has 5 rings (SSSR count). The predicted molar refractivity (Wildman–Crippen MR) is 163 cm³/mol. The molecule has 0 fully saturated rings. The molecule has 0 saturated heterocycles. The number of fused-ring (bicyclic) bond motifs is 1. The van der Waals surface area contributed by atoms with Crippen molar-refractivity contribution in [3.05, 3.63) is 157 Å². The van der Waals surface area contributed by atoms with E-state index in [0.29, 0.717) is 5.61 Å². The molecule has 0 bridgehead atoms. The van der Waals surface area contributed by atoms with E-state index in [1.165, 1.54) is 0 Å². The number of aliphatic carboxylic acids is 1. The van der Waals surface area contributed by atoms with Crippen LogP contribution in [0.1, 0.15) is 18.1 Å². The van der Waals surface area contributed by atoms with Crippen LogP contribution in [0.3, 0.4) is 0 Å². The van der Waals surface area contributed by atoms with E-state index in [-0.39, 0.29) is 12.4 Å². The van der Waals surface area contributed by atoms with Crippen molar-refractivity contribution in [2.24, 2.45) is 4.99 Å². The van der Waals surface area contributed by atoms with E-state index in [1.54, 1.807) is 6.08 Å². The number of para-hydroxylation sites is 1. The highest BCUT2D eigenvalue weighted by Gasteiger charge is 2.27. The number of anilines is 1. The molecular weight excluding hydrogens is 479 g/mol. The predicted octanol–water partition coefficient (Wildman–Crippen LogP) is 5.73. The van der Waals surface area contributed by atoms with Crippen LogP contribution in [0.25, 0.3) is 5.57 Å². The number of carbonyl (C=O) groups is 1. The minimum Gasteiger partial charge on any atom is -0.477 e. The molecule has 0 radical (unpaired) electrons. The van der Waals surface area contributed by atoms with Crippen molar-refractivity contribution in [2.75, 3.05) is 11.4 Å². The summed E-state index contributed by atoms with van der Waals surface area (Å²) in [6, 6.07) is 38.2. The fourth-order valence-electron chi connectivity index (χ4n) is 4.89. The van der Waals surface area contributed by atoms with Crippen molar-refractivity contribution in [1.82, 2.24) is 0 Å². The summed E-state index contributed by atoms with van der Waals surface area (Å²) in [5.74, 6) is -1.08. The minimum atomic E-state index is -1.08. The van der Waals surface area contributed by atoms with E-state index >= 15 is 0 Å². The summed E-state index contributed by atoms with van der Waals surface area (Å²) >= 11 is 0. The highest BCUT2D eigenvalue weighted by Crippen LogP contribution is 2.32. The Morgan fingerprint density at radius 1 is 0.821 bits per heavy atom. The SMILES string of the molecule is CCN1C=CC(=CC=C(N=C(B(c2ccccc2)c2ccccc2)c2ccccc2)C(=O)O)c2ccccc21. The van der Waals surface area contributed by atoms with Crippen LogP contribution in [0.4, 0.5) is 5.69 Å². The first-order valence-corrected chi connectivity index (χ1v) is 13.1. The third-order valence-electron chi connectivity index (χ3n) is 6.79. The lowest BCUT2D eigenvalue weighted by Crippen LogP contribution is -2.49. The van der Waals surface area contributed by atoms with Gasteiger partial charge in [-0.3, -0.25) is 4.99 Å². The van der Waals surface area contributed by atoms with Gasteiger partial charge in [-0.25, -0.2) is 4.79 Å². The molecule has 1 aliphatic heterocycles. The lowest BCUT2D eigenvalue weighted by molar-refractivity contribution is -0.132. The molecule has 0 unspecified atom stereocenters. The van der Waals surface area contributed by atoms with Crippen molar-refractivity contribution < 1.29 is 9.90 Å². The Morgan fingerprint density at radius 2 is 1.38 bits per heavy atom. The third kappa shape index (κ3) is 5.83. The number of allylic oxidation sites excluding steroid dienone is 4. The zero-order valence-corrected chi connectivity index (χ0v) is 21.8. The zero-order chi connectivity index (χ0) is 27.0. The molecule has 0 atom stereocenters. The Morgan fingerprint density at radius 3 is 1.97 bits per heavy atom. The van der Waals surface area contributed by atoms with Crippen LogP contribution in [-0.2, 0) is 4.79 Å². The van der Waals surface area contributed by atoms with Gasteiger partial charge in [-0.15, -0.1) is 0 Å². The number of carboxylic acids is 1. The normalized spacial score (nSPS) is 14.3. The second-order valence-corrected chi connectivity index (χ2v) is 9.22. The van der Waals surface area contributed by atoms with Crippen molar-refractivity contribution in [1.29, 1.82) is 0 Å². The molecule has 4 aromatic rings. The molecule has 0 spiro atoms. The average molecular weight is 508 g/mol. The Labute approximate surface area is 230 Å². The molecule has 0 aliphatic carbocycles. The summed E-state index contributed by atoms with van der Waals surface area (Å²) < 4.78 is 0. The Balaban J connectivity index is 1.67. The summed E-state index contributed by atoms with van der Waals surface area (Å²) in [5.41, 5.74) is 6.70. The maximum Gasteiger partial charge on any atom is 0.354 e. The van der Waals surface area contributed by atoms with Crippen LogP contribution in [0.15, 0.2) is 150 Å². The van der Waals surface area contributed by atoms with Gasteiger partial charge < -0.3 is 10.0 Å². The molecule has 190 valence electrons. The second kappa shape index (κ2) is 12.1. The summed E-state index contributed by atoms with van der Waals surface area (Å²) in [7, 11) is 0. The van der Waals surface area contributed by atoms with E-state index in [9.17, 15) is 9.90 Å². The van der Waals surface area contributed by atoms with Crippen molar-refractivity contribution in [3.63, 3.8) is 0 Å². The molecule has 0 aromatic heterocycles. The van der Waals surface area contributed by atoms with E-state index in [2.05, 4.69) is 48.2 Å². The van der Waals surface area contributed by atoms with Crippen LogP contribution in [-0.4, -0.2) is 29.9 Å². The van der Waals surface area contributed by atoms with E-state index in [4.69, 9.17) is 4.99 Å². The van der Waals surface area contributed by atoms with Crippen LogP contribution in [0.2, 0.25) is 0 Å². The van der Waals surface area contributed by atoms with Crippen molar-refractivity contribution >= 4 is 40.5 Å². The van der Waals surface area contributed by atoms with Gasteiger partial charge in [0.05, 0.1) is 0 Å². The summed E-state index contributed by atoms with van der Waals surface area (Å²) in [6.07, 6.45) is 7.50. The van der Waals surface area contributed by atoms with Gasteiger partial charge in [0.1, 0.15) is 5.70 Å². The quantitative estimate of drug-likeness (QED) is 0.188. The third-order valence-corrected chi connectivity index (χ3v) is 6.79. The van der Waals surface area contributed by atoms with Gasteiger partial charge >= 0.3 is 5.97 Å². The van der Waals surface area contributed by atoms with Crippen molar-refractivity contribution in [3.8, 4) is 0 Å². The van der Waals surface area contributed by atoms with Crippen LogP contribution >= 0.6 is 0 Å². The lowest BCUT2D eigenvalue weighted by atomic mass is 9.36. The maximum atomic E-state index is 12.5. The van der Waals surface area contributed by atoms with E-state index < -0.39 is 5.97 Å². The van der Waals surface area contributed by atoms with Gasteiger partial charge in [0.25, 0.3) is 6.71 Å². The summed E-state index contributed by atoms with van der Waals surface area (Å²) in [6.45, 7) is 2.70. The standard InChI is InChI=1S/C34H29BN2O2/c1-2-37-25-24-26(30-20-12-13-21-32(30)37)22-23-31(34(38)39)36-33(27-14-6-3-7-15-27)35(28-16-8-4-9-17-28)29-18-10-5-11-19-29/h3-25H,2H2,1H3,(H,38,39). The molecule has 1 heterocycles. The molecule has 4 aromatic carbocycles. The number of benzene rings is 4. The first kappa shape index (κ1) is 25.7. The smallest absolute Gasteiger partial charge is 0.354 e. The lowest BCUT2D eigenvalue weighted by Gasteiger charge is -2.26. The number of rotatable bonds is 8. The maximum absolute atomic E-state index is 12.5. The van der Waals surface area contributed by atoms with Crippen LogP contribution < -0.4 is 15.8 Å². The number of aliphatic imine (C=N–C) groups is 1. The fraction of sp³-hybridized carbons (Fsp3) is 0.0588. The molecular formula is C34H29BN2O2. The monoisotopic (exact) mass is 508 g/mol. The Kier molecular flexibility index (Phi) is 7.99. The number of nitrogens with zero attached hydrogens (tertiary/aromatic N) is 2. The number of hydrogen-bond donors (Lipinski definition) is 1. The minimum absolute atomic E-state index is 0.0259. The average Bonchev–Trinajstić information content (AvgIpc) is 2.99. The molecule has 0 saturated carbocycles. The molecule has 39 heavy (non-hydrogen) atoms. The Bertz CT molecular complexity index is 1520. The van der Waals surface area contributed by atoms with Crippen LogP contribution in [0, 0.1) is 0 Å². The first-order valence-electron chi connectivity index (χ1n) is 13.1. The highest BCUT2D eigenvalue weighted by atomic mass is 16.4. The molecule has 1 aliphatic rings. The van der Waals surface area contributed by atoms with E-state index in [1.807, 2.05) is 97.2 Å². The Hall–Kier alpha value is -4.90. The molecule has 1 N–H and O–H groups in total. The zero-order valence-electron chi connectivity index (χ0n) is 21.8.